The summed E-state index contributed by atoms with van der Waals surface area (Å²) in [5.41, 5.74) is 12.4. The van der Waals surface area contributed by atoms with Crippen LogP contribution in [-0.2, 0) is 12.5 Å². The standard InChI is InChI=1S/C30H42ClN/c1-11-12-19(4)27-21(6)20(5)17-30(9,22(27)7)28-26(18(2)3)23(8)32(10)29(28)24-13-15-25(31)16-14-24/h13,15,17,19,21H,2,11-12,14,16H2,1,3-10H3. The van der Waals surface area contributed by atoms with Gasteiger partial charge in [-0.1, -0.05) is 74.2 Å². The monoisotopic (exact) mass is 451 g/mol. The van der Waals surface area contributed by atoms with Gasteiger partial charge in [0.1, 0.15) is 0 Å². The molecule has 0 saturated carbocycles. The van der Waals surface area contributed by atoms with Gasteiger partial charge in [-0.15, -0.1) is 0 Å². The number of allylic oxidation sites excluding steroid dienone is 9. The third kappa shape index (κ3) is 4.03. The normalized spacial score (nSPS) is 24.8. The van der Waals surface area contributed by atoms with Crippen LogP contribution in [0, 0.1) is 18.8 Å². The largest absolute Gasteiger partial charge is 0.347 e. The summed E-state index contributed by atoms with van der Waals surface area (Å²) >= 11 is 6.33. The molecule has 32 heavy (non-hydrogen) atoms. The second-order valence-corrected chi connectivity index (χ2v) is 10.9. The summed E-state index contributed by atoms with van der Waals surface area (Å²) in [5, 5.41) is 0.946. The number of hydrogen-bond acceptors (Lipinski definition) is 0. The Bertz CT molecular complexity index is 1060. The molecule has 1 aromatic heterocycles. The highest BCUT2D eigenvalue weighted by atomic mass is 35.5. The van der Waals surface area contributed by atoms with Crippen LogP contribution < -0.4 is 0 Å². The van der Waals surface area contributed by atoms with Crippen molar-refractivity contribution in [3.05, 3.63) is 69.1 Å². The van der Waals surface area contributed by atoms with E-state index in [9.17, 15) is 0 Å². The zero-order valence-electron chi connectivity index (χ0n) is 21.7. The molecule has 2 aliphatic carbocycles. The summed E-state index contributed by atoms with van der Waals surface area (Å²) in [4.78, 5) is 0. The molecule has 174 valence electrons. The van der Waals surface area contributed by atoms with Crippen molar-refractivity contribution in [2.45, 2.75) is 86.5 Å². The molecule has 0 saturated heterocycles. The zero-order valence-corrected chi connectivity index (χ0v) is 22.5. The van der Waals surface area contributed by atoms with Gasteiger partial charge in [0.05, 0.1) is 0 Å². The van der Waals surface area contributed by atoms with Gasteiger partial charge >= 0.3 is 0 Å². The van der Waals surface area contributed by atoms with Crippen molar-refractivity contribution in [3.63, 3.8) is 0 Å². The Balaban J connectivity index is 2.39. The molecule has 0 amide bonds. The predicted molar refractivity (Wildman–Crippen MR) is 143 cm³/mol. The van der Waals surface area contributed by atoms with Crippen molar-refractivity contribution < 1.29 is 0 Å². The Morgan fingerprint density at radius 3 is 2.44 bits per heavy atom. The first-order chi connectivity index (χ1) is 15.0. The average Bonchev–Trinajstić information content (AvgIpc) is 2.99. The van der Waals surface area contributed by atoms with Gasteiger partial charge in [0, 0.05) is 34.4 Å². The van der Waals surface area contributed by atoms with Crippen molar-refractivity contribution in [1.82, 2.24) is 4.57 Å². The van der Waals surface area contributed by atoms with Gasteiger partial charge in [0.2, 0.25) is 0 Å². The fourth-order valence-electron chi connectivity index (χ4n) is 6.22. The van der Waals surface area contributed by atoms with E-state index in [0.29, 0.717) is 11.8 Å². The summed E-state index contributed by atoms with van der Waals surface area (Å²) < 4.78 is 2.40. The van der Waals surface area contributed by atoms with Gasteiger partial charge in [-0.25, -0.2) is 0 Å². The Kier molecular flexibility index (Phi) is 7.20. The molecule has 0 radical (unpaired) electrons. The molecule has 0 fully saturated rings. The van der Waals surface area contributed by atoms with Crippen molar-refractivity contribution in [1.29, 1.82) is 0 Å². The maximum absolute atomic E-state index is 6.33. The van der Waals surface area contributed by atoms with Crippen molar-refractivity contribution in [2.24, 2.45) is 18.9 Å². The van der Waals surface area contributed by atoms with Crippen LogP contribution >= 0.6 is 11.6 Å². The van der Waals surface area contributed by atoms with E-state index in [0.717, 1.165) is 23.4 Å². The van der Waals surface area contributed by atoms with Crippen LogP contribution in [0.25, 0.3) is 11.1 Å². The highest BCUT2D eigenvalue weighted by Crippen LogP contribution is 2.51. The molecular formula is C30H42ClN. The lowest BCUT2D eigenvalue weighted by atomic mass is 9.63. The third-order valence-corrected chi connectivity index (χ3v) is 8.48. The molecule has 3 rings (SSSR count). The minimum absolute atomic E-state index is 0.157. The number of aromatic nitrogens is 1. The van der Waals surface area contributed by atoms with Gasteiger partial charge in [0.15, 0.2) is 0 Å². The lowest BCUT2D eigenvalue weighted by molar-refractivity contribution is 0.502. The minimum atomic E-state index is -0.157. The number of nitrogens with zero attached hydrogens (tertiary/aromatic N) is 1. The average molecular weight is 452 g/mol. The molecule has 1 heterocycles. The fourth-order valence-corrected chi connectivity index (χ4v) is 6.38. The number of rotatable bonds is 6. The first-order valence-corrected chi connectivity index (χ1v) is 12.6. The summed E-state index contributed by atoms with van der Waals surface area (Å²) in [7, 11) is 2.21. The quantitative estimate of drug-likeness (QED) is 0.379. The molecule has 2 aliphatic rings. The first kappa shape index (κ1) is 24.9. The van der Waals surface area contributed by atoms with E-state index in [4.69, 9.17) is 11.6 Å². The molecule has 0 aromatic carbocycles. The molecule has 0 N–H and O–H groups in total. The van der Waals surface area contributed by atoms with Crippen LogP contribution in [-0.4, -0.2) is 4.57 Å². The summed E-state index contributed by atoms with van der Waals surface area (Å²) in [6.07, 6.45) is 11.2. The zero-order chi connectivity index (χ0) is 24.0. The van der Waals surface area contributed by atoms with E-state index in [1.807, 2.05) is 0 Å². The molecule has 1 aromatic rings. The van der Waals surface area contributed by atoms with Gasteiger partial charge < -0.3 is 4.57 Å². The Morgan fingerprint density at radius 2 is 1.91 bits per heavy atom. The van der Waals surface area contributed by atoms with Gasteiger partial charge in [0.25, 0.3) is 0 Å². The highest BCUT2D eigenvalue weighted by molar-refractivity contribution is 6.29. The van der Waals surface area contributed by atoms with Crippen LogP contribution in [0.15, 0.2) is 46.6 Å². The molecule has 3 unspecified atom stereocenters. The fraction of sp³-hybridized carbons (Fsp3) is 0.533. The number of halogens is 1. The number of hydrogen-bond donors (Lipinski definition) is 0. The summed E-state index contributed by atoms with van der Waals surface area (Å²) in [5.74, 6) is 1.09. The van der Waals surface area contributed by atoms with E-state index in [2.05, 4.69) is 91.8 Å². The highest BCUT2D eigenvalue weighted by Gasteiger charge is 2.41. The van der Waals surface area contributed by atoms with Crippen LogP contribution in [0.3, 0.4) is 0 Å². The van der Waals surface area contributed by atoms with Gasteiger partial charge in [-0.3, -0.25) is 0 Å². The maximum Gasteiger partial charge on any atom is 0.0489 e. The topological polar surface area (TPSA) is 4.93 Å². The lowest BCUT2D eigenvalue weighted by Gasteiger charge is -2.41. The molecule has 0 spiro atoms. The van der Waals surface area contributed by atoms with E-state index in [1.54, 1.807) is 5.57 Å². The molecule has 0 bridgehead atoms. The molecule has 3 atom stereocenters. The Labute approximate surface area is 201 Å². The smallest absolute Gasteiger partial charge is 0.0489 e. The molecular weight excluding hydrogens is 410 g/mol. The molecule has 0 aliphatic heterocycles. The Hall–Kier alpha value is -1.73. The van der Waals surface area contributed by atoms with Crippen molar-refractivity contribution in [3.8, 4) is 0 Å². The second-order valence-electron chi connectivity index (χ2n) is 10.4. The van der Waals surface area contributed by atoms with Crippen molar-refractivity contribution >= 4 is 22.7 Å². The predicted octanol–water partition coefficient (Wildman–Crippen LogP) is 9.27. The van der Waals surface area contributed by atoms with E-state index >= 15 is 0 Å². The SMILES string of the molecule is C=C(C)c1c(C2(C)C=C(C)C(C)C(C(C)CCC)=C2C)c(C2=CC=C(Cl)CC2)n(C)c1C. The maximum atomic E-state index is 6.33. The minimum Gasteiger partial charge on any atom is -0.347 e. The van der Waals surface area contributed by atoms with E-state index < -0.39 is 0 Å². The van der Waals surface area contributed by atoms with E-state index in [1.165, 1.54) is 52.1 Å². The third-order valence-electron chi connectivity index (χ3n) is 8.17. The van der Waals surface area contributed by atoms with Gasteiger partial charge in [-0.2, -0.15) is 0 Å². The second kappa shape index (κ2) is 9.26. The molecule has 1 nitrogen and oxygen atoms in total. The molecule has 2 heteroatoms. The first-order valence-electron chi connectivity index (χ1n) is 12.3. The van der Waals surface area contributed by atoms with Crippen molar-refractivity contribution in [2.75, 3.05) is 0 Å². The van der Waals surface area contributed by atoms with Crippen LogP contribution in [0.5, 0.6) is 0 Å². The van der Waals surface area contributed by atoms with Crippen LogP contribution in [0.1, 0.15) is 96.7 Å². The summed E-state index contributed by atoms with van der Waals surface area (Å²) in [6, 6.07) is 0. The van der Waals surface area contributed by atoms with Crippen LogP contribution in [0.2, 0.25) is 0 Å². The van der Waals surface area contributed by atoms with Crippen LogP contribution in [0.4, 0.5) is 0 Å². The Morgan fingerprint density at radius 1 is 1.25 bits per heavy atom. The summed E-state index contributed by atoms with van der Waals surface area (Å²) in [6.45, 7) is 23.1. The lowest BCUT2D eigenvalue weighted by Crippen LogP contribution is -2.32. The van der Waals surface area contributed by atoms with E-state index in [-0.39, 0.29) is 5.41 Å². The van der Waals surface area contributed by atoms with Gasteiger partial charge in [-0.05, 0) is 88.5 Å².